The fourth-order valence-corrected chi connectivity index (χ4v) is 7.62. The first-order chi connectivity index (χ1) is 20.6. The molecule has 3 saturated heterocycles. The van der Waals surface area contributed by atoms with Crippen LogP contribution < -0.4 is 14.8 Å². The van der Waals surface area contributed by atoms with Crippen LogP contribution in [-0.2, 0) is 6.61 Å². The molecule has 44 heavy (non-hydrogen) atoms. The van der Waals surface area contributed by atoms with Gasteiger partial charge in [0.05, 0.1) is 16.8 Å². The number of rotatable bonds is 7. The molecule has 3 fully saturated rings. The van der Waals surface area contributed by atoms with E-state index in [4.69, 9.17) is 25.5 Å². The van der Waals surface area contributed by atoms with Gasteiger partial charge in [0.2, 0.25) is 5.88 Å². The van der Waals surface area contributed by atoms with Gasteiger partial charge in [-0.2, -0.15) is 0 Å². The molecular formula is C33H41Cl3N4O4. The highest BCUT2D eigenvalue weighted by atomic mass is 35.5. The second-order valence-electron chi connectivity index (χ2n) is 12.1. The Morgan fingerprint density at radius 1 is 1.00 bits per heavy atom. The molecule has 0 aliphatic carbocycles. The molecule has 1 amide bonds. The van der Waals surface area contributed by atoms with Crippen molar-refractivity contribution in [2.75, 3.05) is 32.7 Å². The number of nitrogens with zero attached hydrogens (tertiary/aromatic N) is 2. The van der Waals surface area contributed by atoms with E-state index in [1.54, 1.807) is 6.26 Å². The number of hydrogen-bond donors (Lipinski definition) is 2. The SMILES string of the molecule is Cl.Cl.O=C(NC1CCN(C[C@@H]2CCCN3CCCC[C@H]23)CC1)Oc1cc2c(OCc3coc4cccc(Cl)c34)cccc2[nH]1. The number of aromatic amines is 1. The second-order valence-corrected chi connectivity index (χ2v) is 12.5. The fraction of sp³-hybridized carbons (Fsp3) is 0.485. The van der Waals surface area contributed by atoms with Crippen LogP contribution in [-0.4, -0.2) is 65.7 Å². The van der Waals surface area contributed by atoms with E-state index in [0.29, 0.717) is 23.3 Å². The van der Waals surface area contributed by atoms with Gasteiger partial charge in [0, 0.05) is 54.1 Å². The van der Waals surface area contributed by atoms with Crippen molar-refractivity contribution in [1.82, 2.24) is 20.1 Å². The molecule has 2 N–H and O–H groups in total. The Hall–Kier alpha value is -2.62. The van der Waals surface area contributed by atoms with E-state index in [9.17, 15) is 4.79 Å². The Kier molecular flexibility index (Phi) is 10.9. The van der Waals surface area contributed by atoms with E-state index < -0.39 is 6.09 Å². The summed E-state index contributed by atoms with van der Waals surface area (Å²) in [6.07, 6.45) is 9.97. The molecule has 7 rings (SSSR count). The highest BCUT2D eigenvalue weighted by molar-refractivity contribution is 6.35. The van der Waals surface area contributed by atoms with Gasteiger partial charge in [-0.1, -0.05) is 30.2 Å². The minimum Gasteiger partial charge on any atom is -0.488 e. The van der Waals surface area contributed by atoms with E-state index >= 15 is 0 Å². The van der Waals surface area contributed by atoms with Gasteiger partial charge < -0.3 is 34.0 Å². The van der Waals surface area contributed by atoms with Gasteiger partial charge in [0.1, 0.15) is 17.9 Å². The largest absolute Gasteiger partial charge is 0.488 e. The minimum atomic E-state index is -0.424. The quantitative estimate of drug-likeness (QED) is 0.210. The molecule has 4 aromatic rings. The number of halogens is 3. The van der Waals surface area contributed by atoms with Crippen molar-refractivity contribution >= 4 is 64.4 Å². The smallest absolute Gasteiger partial charge is 0.414 e. The van der Waals surface area contributed by atoms with Crippen molar-refractivity contribution in [2.45, 2.75) is 63.6 Å². The Bertz CT molecular complexity index is 1550. The van der Waals surface area contributed by atoms with Gasteiger partial charge in [-0.3, -0.25) is 0 Å². The standard InChI is InChI=1S/C33H39ClN4O4.2ClH/c34-26-7-3-11-30-32(26)23(21-41-30)20-40-29-10-4-8-27-25(29)18-31(36-27)42-33(39)35-24-12-16-37(17-13-24)19-22-6-5-15-38-14-2-1-9-28(22)38;;/h3-4,7-8,10-11,18,21-22,24,28,36H,1-2,5-6,9,12-17,19-20H2,(H,35,39);2*1H/t22-,28+;;/m0../s1. The van der Waals surface area contributed by atoms with Gasteiger partial charge >= 0.3 is 6.09 Å². The first kappa shape index (κ1) is 32.8. The summed E-state index contributed by atoms with van der Waals surface area (Å²) < 4.78 is 17.5. The van der Waals surface area contributed by atoms with Crippen molar-refractivity contribution in [3.8, 4) is 11.6 Å². The number of hydrogen-bond acceptors (Lipinski definition) is 6. The molecule has 0 unspecified atom stereocenters. The third kappa shape index (κ3) is 7.10. The predicted octanol–water partition coefficient (Wildman–Crippen LogP) is 7.81. The zero-order valence-corrected chi connectivity index (χ0v) is 27.2. The minimum absolute atomic E-state index is 0. The number of aromatic nitrogens is 1. The summed E-state index contributed by atoms with van der Waals surface area (Å²) in [5.41, 5.74) is 2.44. The number of likely N-dealkylation sites (tertiary alicyclic amines) is 1. The molecule has 5 heterocycles. The van der Waals surface area contributed by atoms with Crippen LogP contribution >= 0.6 is 36.4 Å². The van der Waals surface area contributed by atoms with Gasteiger partial charge in [0.15, 0.2) is 0 Å². The Morgan fingerprint density at radius 3 is 2.68 bits per heavy atom. The number of carbonyl (C=O) groups excluding carboxylic acids is 1. The topological polar surface area (TPSA) is 83.0 Å². The lowest BCUT2D eigenvalue weighted by atomic mass is 9.83. The molecule has 2 aromatic heterocycles. The number of carbonyl (C=O) groups is 1. The van der Waals surface area contributed by atoms with Crippen molar-refractivity contribution in [1.29, 1.82) is 0 Å². The summed E-state index contributed by atoms with van der Waals surface area (Å²) >= 11 is 6.39. The Morgan fingerprint density at radius 2 is 1.82 bits per heavy atom. The maximum absolute atomic E-state index is 12.8. The molecule has 11 heteroatoms. The average molecular weight is 664 g/mol. The zero-order valence-electron chi connectivity index (χ0n) is 24.8. The highest BCUT2D eigenvalue weighted by Gasteiger charge is 2.34. The van der Waals surface area contributed by atoms with Gasteiger partial charge in [0.25, 0.3) is 0 Å². The third-order valence-electron chi connectivity index (χ3n) is 9.44. The number of H-pyrrole nitrogens is 1. The van der Waals surface area contributed by atoms with Crippen LogP contribution in [0.2, 0.25) is 5.02 Å². The maximum atomic E-state index is 12.8. The van der Waals surface area contributed by atoms with Crippen molar-refractivity contribution in [2.24, 2.45) is 5.92 Å². The van der Waals surface area contributed by atoms with Gasteiger partial charge in [-0.05, 0) is 81.8 Å². The molecule has 238 valence electrons. The normalized spacial score (nSPS) is 21.3. The number of fused-ring (bicyclic) bond motifs is 3. The van der Waals surface area contributed by atoms with E-state index in [1.165, 1.54) is 51.7 Å². The molecule has 3 aliphatic rings. The second kappa shape index (κ2) is 14.6. The Labute approximate surface area is 275 Å². The highest BCUT2D eigenvalue weighted by Crippen LogP contribution is 2.34. The third-order valence-corrected chi connectivity index (χ3v) is 9.76. The zero-order chi connectivity index (χ0) is 28.5. The van der Waals surface area contributed by atoms with E-state index in [-0.39, 0.29) is 30.9 Å². The number of amides is 1. The monoisotopic (exact) mass is 662 g/mol. The molecule has 0 spiro atoms. The van der Waals surface area contributed by atoms with Crippen molar-refractivity contribution in [3.63, 3.8) is 0 Å². The molecule has 3 aliphatic heterocycles. The molecule has 0 radical (unpaired) electrons. The lowest BCUT2D eigenvalue weighted by Gasteiger charge is -2.46. The summed E-state index contributed by atoms with van der Waals surface area (Å²) in [7, 11) is 0. The van der Waals surface area contributed by atoms with Crippen LogP contribution in [0, 0.1) is 5.92 Å². The first-order valence-corrected chi connectivity index (χ1v) is 15.8. The number of furan rings is 1. The van der Waals surface area contributed by atoms with Crippen molar-refractivity contribution in [3.05, 3.63) is 59.3 Å². The van der Waals surface area contributed by atoms with E-state index in [1.807, 2.05) is 42.5 Å². The van der Waals surface area contributed by atoms with Crippen LogP contribution in [0.25, 0.3) is 21.9 Å². The molecule has 0 bridgehead atoms. The lowest BCUT2D eigenvalue weighted by Crippen LogP contribution is -2.52. The first-order valence-electron chi connectivity index (χ1n) is 15.4. The van der Waals surface area contributed by atoms with E-state index in [2.05, 4.69) is 20.1 Å². The predicted molar refractivity (Wildman–Crippen MR) is 179 cm³/mol. The molecular weight excluding hydrogens is 623 g/mol. The molecule has 2 atom stereocenters. The average Bonchev–Trinajstić information content (AvgIpc) is 3.62. The maximum Gasteiger partial charge on any atom is 0.414 e. The van der Waals surface area contributed by atoms with Crippen LogP contribution in [0.15, 0.2) is 53.1 Å². The summed E-state index contributed by atoms with van der Waals surface area (Å²) in [5, 5.41) is 5.42. The lowest BCUT2D eigenvalue weighted by molar-refractivity contribution is 0.0353. The molecule has 8 nitrogen and oxygen atoms in total. The summed E-state index contributed by atoms with van der Waals surface area (Å²) in [5.74, 6) is 1.87. The number of benzene rings is 2. The summed E-state index contributed by atoms with van der Waals surface area (Å²) in [6, 6.07) is 14.1. The van der Waals surface area contributed by atoms with Crippen molar-refractivity contribution < 1.29 is 18.7 Å². The van der Waals surface area contributed by atoms with Gasteiger partial charge in [-0.15, -0.1) is 24.8 Å². The van der Waals surface area contributed by atoms with Crippen LogP contribution in [0.4, 0.5) is 4.79 Å². The van der Waals surface area contributed by atoms with Gasteiger partial charge in [-0.25, -0.2) is 4.79 Å². The molecule has 0 saturated carbocycles. The van der Waals surface area contributed by atoms with E-state index in [0.717, 1.165) is 65.3 Å². The number of nitrogens with one attached hydrogen (secondary N) is 2. The summed E-state index contributed by atoms with van der Waals surface area (Å²) in [6.45, 7) is 6.13. The Balaban J connectivity index is 0.00000192. The summed E-state index contributed by atoms with van der Waals surface area (Å²) in [4.78, 5) is 21.4. The van der Waals surface area contributed by atoms with Crippen LogP contribution in [0.3, 0.4) is 0 Å². The fourth-order valence-electron chi connectivity index (χ4n) is 7.33. The van der Waals surface area contributed by atoms with Crippen LogP contribution in [0.5, 0.6) is 11.6 Å². The van der Waals surface area contributed by atoms with Crippen LogP contribution in [0.1, 0.15) is 50.5 Å². The number of ether oxygens (including phenoxy) is 2. The molecule has 2 aromatic carbocycles. The number of piperidine rings is 3.